The molecule has 2 saturated heterocycles. The second-order valence-electron chi connectivity index (χ2n) is 3.83. The van der Waals surface area contributed by atoms with Gasteiger partial charge in [0.05, 0.1) is 6.10 Å². The fourth-order valence-corrected chi connectivity index (χ4v) is 2.27. The molecule has 3 atom stereocenters. The van der Waals surface area contributed by atoms with Gasteiger partial charge in [0.2, 0.25) is 5.91 Å². The van der Waals surface area contributed by atoms with Gasteiger partial charge in [0.1, 0.15) is 6.23 Å². The van der Waals surface area contributed by atoms with E-state index in [1.165, 1.54) is 4.90 Å². The van der Waals surface area contributed by atoms with Crippen LogP contribution in [0.15, 0.2) is 0 Å². The van der Waals surface area contributed by atoms with E-state index in [1.807, 2.05) is 0 Å². The molecule has 0 aromatic carbocycles. The zero-order valence-corrected chi connectivity index (χ0v) is 8.26. The van der Waals surface area contributed by atoms with Crippen molar-refractivity contribution < 1.29 is 19.4 Å². The van der Waals surface area contributed by atoms with Gasteiger partial charge in [0.15, 0.2) is 6.04 Å². The molecule has 0 aromatic heterocycles. The van der Waals surface area contributed by atoms with Gasteiger partial charge in [-0.25, -0.2) is 4.79 Å². The second kappa shape index (κ2) is 3.79. The summed E-state index contributed by atoms with van der Waals surface area (Å²) >= 11 is 0. The number of fused-ring (bicyclic) bond motifs is 1. The number of carboxylic acids is 1. The monoisotopic (exact) mass is 214 g/mol. The molecule has 2 heterocycles. The average molecular weight is 214 g/mol. The molecular weight excluding hydrogens is 200 g/mol. The fourth-order valence-electron chi connectivity index (χ4n) is 2.27. The first-order valence-corrected chi connectivity index (χ1v) is 5.04. The maximum absolute atomic E-state index is 11.5. The van der Waals surface area contributed by atoms with Crippen molar-refractivity contribution in [2.45, 2.75) is 37.6 Å². The van der Waals surface area contributed by atoms with Crippen molar-refractivity contribution >= 4 is 11.9 Å². The molecule has 0 bridgehead atoms. The normalized spacial score (nSPS) is 34.6. The lowest BCUT2D eigenvalue weighted by Crippen LogP contribution is -2.45. The van der Waals surface area contributed by atoms with E-state index in [0.29, 0.717) is 25.8 Å². The quantitative estimate of drug-likeness (QED) is 0.637. The van der Waals surface area contributed by atoms with E-state index in [-0.39, 0.29) is 12.1 Å². The third kappa shape index (κ3) is 1.59. The van der Waals surface area contributed by atoms with Crippen LogP contribution in [0, 0.1) is 0 Å². The Morgan fingerprint density at radius 2 is 2.40 bits per heavy atom. The van der Waals surface area contributed by atoms with Crippen LogP contribution in [0.3, 0.4) is 0 Å². The standard InChI is InChI=1S/C9H14N2O4/c10-4-3-5-8(9(13)14)11-6(12)1-2-7(11)15-5/h5,7-8H,1-4,10H2,(H,13,14)/t5-,7+,8+/m1/s1. The molecule has 2 aliphatic heterocycles. The predicted molar refractivity (Wildman–Crippen MR) is 49.8 cm³/mol. The van der Waals surface area contributed by atoms with E-state index in [2.05, 4.69) is 0 Å². The molecule has 3 N–H and O–H groups in total. The average Bonchev–Trinajstić information content (AvgIpc) is 2.67. The van der Waals surface area contributed by atoms with Crippen LogP contribution >= 0.6 is 0 Å². The summed E-state index contributed by atoms with van der Waals surface area (Å²) in [4.78, 5) is 23.9. The first-order valence-electron chi connectivity index (χ1n) is 5.04. The van der Waals surface area contributed by atoms with Crippen molar-refractivity contribution in [2.24, 2.45) is 5.73 Å². The number of rotatable bonds is 3. The van der Waals surface area contributed by atoms with Crippen LogP contribution in [0.2, 0.25) is 0 Å². The molecule has 15 heavy (non-hydrogen) atoms. The highest BCUT2D eigenvalue weighted by Gasteiger charge is 2.51. The molecule has 2 rings (SSSR count). The number of amides is 1. The van der Waals surface area contributed by atoms with Gasteiger partial charge in [-0.15, -0.1) is 0 Å². The smallest absolute Gasteiger partial charge is 0.329 e. The van der Waals surface area contributed by atoms with Crippen LogP contribution in [0.5, 0.6) is 0 Å². The highest BCUT2D eigenvalue weighted by molar-refractivity contribution is 5.86. The van der Waals surface area contributed by atoms with Crippen molar-refractivity contribution in [3.05, 3.63) is 0 Å². The van der Waals surface area contributed by atoms with Gasteiger partial charge in [0.25, 0.3) is 0 Å². The minimum atomic E-state index is -1.01. The maximum atomic E-state index is 11.5. The largest absolute Gasteiger partial charge is 0.480 e. The molecule has 2 aliphatic rings. The number of hydrogen-bond donors (Lipinski definition) is 2. The van der Waals surface area contributed by atoms with E-state index in [0.717, 1.165) is 0 Å². The van der Waals surface area contributed by atoms with Crippen LogP contribution in [-0.2, 0) is 14.3 Å². The van der Waals surface area contributed by atoms with Crippen molar-refractivity contribution in [1.29, 1.82) is 0 Å². The summed E-state index contributed by atoms with van der Waals surface area (Å²) in [6.45, 7) is 0.364. The minimum Gasteiger partial charge on any atom is -0.480 e. The van der Waals surface area contributed by atoms with Crippen molar-refractivity contribution in [1.82, 2.24) is 4.90 Å². The Labute approximate surface area is 87.0 Å². The van der Waals surface area contributed by atoms with Crippen molar-refractivity contribution in [3.8, 4) is 0 Å². The Morgan fingerprint density at radius 3 is 3.00 bits per heavy atom. The molecular formula is C9H14N2O4. The summed E-state index contributed by atoms with van der Waals surface area (Å²) in [5, 5.41) is 9.06. The van der Waals surface area contributed by atoms with E-state index < -0.39 is 18.1 Å². The number of aliphatic carboxylic acids is 1. The van der Waals surface area contributed by atoms with E-state index in [4.69, 9.17) is 15.6 Å². The van der Waals surface area contributed by atoms with E-state index >= 15 is 0 Å². The Hall–Kier alpha value is -1.14. The lowest BCUT2D eigenvalue weighted by Gasteiger charge is -2.20. The highest BCUT2D eigenvalue weighted by atomic mass is 16.5. The molecule has 0 radical (unpaired) electrons. The van der Waals surface area contributed by atoms with Gasteiger partial charge in [-0.05, 0) is 13.0 Å². The number of carbonyl (C=O) groups excluding carboxylic acids is 1. The molecule has 0 aliphatic carbocycles. The molecule has 6 nitrogen and oxygen atoms in total. The number of nitrogens with two attached hydrogens (primary N) is 1. The number of carboxylic acid groups (broad SMARTS) is 1. The summed E-state index contributed by atoms with van der Waals surface area (Å²) < 4.78 is 5.51. The number of ether oxygens (including phenoxy) is 1. The van der Waals surface area contributed by atoms with Gasteiger partial charge in [-0.2, -0.15) is 0 Å². The maximum Gasteiger partial charge on any atom is 0.329 e. The van der Waals surface area contributed by atoms with Crippen LogP contribution in [0.25, 0.3) is 0 Å². The van der Waals surface area contributed by atoms with E-state index in [9.17, 15) is 9.59 Å². The highest BCUT2D eigenvalue weighted by Crippen LogP contribution is 2.33. The van der Waals surface area contributed by atoms with Crippen LogP contribution < -0.4 is 5.73 Å². The Bertz CT molecular complexity index is 294. The molecule has 0 aromatic rings. The second-order valence-corrected chi connectivity index (χ2v) is 3.83. The summed E-state index contributed by atoms with van der Waals surface area (Å²) in [6.07, 6.45) is 0.627. The van der Waals surface area contributed by atoms with Gasteiger partial charge < -0.3 is 20.5 Å². The minimum absolute atomic E-state index is 0.132. The van der Waals surface area contributed by atoms with Crippen molar-refractivity contribution in [3.63, 3.8) is 0 Å². The molecule has 0 unspecified atom stereocenters. The third-order valence-corrected chi connectivity index (χ3v) is 2.89. The Kier molecular flexibility index (Phi) is 2.62. The van der Waals surface area contributed by atoms with Crippen LogP contribution in [0.4, 0.5) is 0 Å². The summed E-state index contributed by atoms with van der Waals surface area (Å²) in [5.41, 5.74) is 5.38. The Balaban J connectivity index is 2.18. The lowest BCUT2D eigenvalue weighted by molar-refractivity contribution is -0.148. The number of nitrogens with zero attached hydrogens (tertiary/aromatic N) is 1. The first kappa shape index (κ1) is 10.4. The van der Waals surface area contributed by atoms with Gasteiger partial charge >= 0.3 is 5.97 Å². The fraction of sp³-hybridized carbons (Fsp3) is 0.778. The predicted octanol–water partition coefficient (Wildman–Crippen LogP) is -0.864. The van der Waals surface area contributed by atoms with Gasteiger partial charge in [-0.1, -0.05) is 0 Å². The molecule has 2 fully saturated rings. The van der Waals surface area contributed by atoms with Crippen LogP contribution in [-0.4, -0.2) is 46.8 Å². The molecule has 6 heteroatoms. The molecule has 0 saturated carbocycles. The summed E-state index contributed by atoms with van der Waals surface area (Å²) in [6, 6.07) is -0.853. The Morgan fingerprint density at radius 1 is 1.67 bits per heavy atom. The molecule has 1 amide bonds. The molecule has 84 valence electrons. The molecule has 0 spiro atoms. The summed E-state index contributed by atoms with van der Waals surface area (Å²) in [7, 11) is 0. The lowest BCUT2D eigenvalue weighted by atomic mass is 10.1. The topological polar surface area (TPSA) is 92.9 Å². The summed E-state index contributed by atoms with van der Waals surface area (Å²) in [5.74, 6) is -1.14. The number of hydrogen-bond acceptors (Lipinski definition) is 4. The first-order chi connectivity index (χ1) is 7.15. The number of carbonyl (C=O) groups is 2. The van der Waals surface area contributed by atoms with Crippen LogP contribution in [0.1, 0.15) is 19.3 Å². The zero-order valence-electron chi connectivity index (χ0n) is 8.26. The third-order valence-electron chi connectivity index (χ3n) is 2.89. The van der Waals surface area contributed by atoms with Crippen molar-refractivity contribution in [2.75, 3.05) is 6.54 Å². The zero-order chi connectivity index (χ0) is 11.0. The van der Waals surface area contributed by atoms with E-state index in [1.54, 1.807) is 0 Å². The van der Waals surface area contributed by atoms with Gasteiger partial charge in [0, 0.05) is 12.8 Å². The SMILES string of the molecule is NCC[C@H]1O[C@H]2CCC(=O)N2[C@@H]1C(=O)O. The van der Waals surface area contributed by atoms with Gasteiger partial charge in [-0.3, -0.25) is 4.79 Å².